The van der Waals surface area contributed by atoms with E-state index in [-0.39, 0.29) is 17.6 Å². The van der Waals surface area contributed by atoms with Gasteiger partial charge in [-0.2, -0.15) is 0 Å². The number of pyridine rings is 1. The summed E-state index contributed by atoms with van der Waals surface area (Å²) in [5, 5.41) is 2.87. The number of hydrogen-bond acceptors (Lipinski definition) is 6. The number of ether oxygens (including phenoxy) is 1. The van der Waals surface area contributed by atoms with Gasteiger partial charge < -0.3 is 14.5 Å². The number of hydrogen-bond donors (Lipinski definition) is 1. The number of oxazole rings is 1. The summed E-state index contributed by atoms with van der Waals surface area (Å²) in [5.74, 6) is 1.75. The first-order valence-electron chi connectivity index (χ1n) is 12.9. The minimum atomic E-state index is -0.290. The monoisotopic (exact) mass is 518 g/mol. The molecule has 3 aromatic carbocycles. The average Bonchev–Trinajstić information content (AvgIpc) is 3.46. The largest absolute Gasteiger partial charge is 0.457 e. The van der Waals surface area contributed by atoms with Crippen LogP contribution in [0.25, 0.3) is 0 Å². The maximum Gasteiger partial charge on any atom is 0.273 e. The van der Waals surface area contributed by atoms with Gasteiger partial charge in [-0.3, -0.25) is 14.7 Å². The van der Waals surface area contributed by atoms with Crippen molar-refractivity contribution in [1.29, 1.82) is 0 Å². The molecule has 7 heteroatoms. The van der Waals surface area contributed by atoms with E-state index < -0.39 is 0 Å². The molecular formula is C32H30N4O3. The van der Waals surface area contributed by atoms with Crippen LogP contribution < -0.4 is 10.1 Å². The standard InChI is InChI=1S/C32H30N4O3/c1-24(27-12-4-2-5-13-27)36(21-25-10-8-16-29(18-25)39-28-14-6-3-7-15-28)22-31-35-30(23-38-31)32(37)34-20-26-11-9-17-33-19-26/h2-19,23-24H,20-22H2,1H3,(H,34,37)/t24-/m1/s1. The number of para-hydroxylation sites is 1. The number of nitrogens with zero attached hydrogens (tertiary/aromatic N) is 3. The Labute approximate surface area is 228 Å². The molecule has 39 heavy (non-hydrogen) atoms. The number of aromatic nitrogens is 2. The van der Waals surface area contributed by atoms with E-state index in [0.29, 0.717) is 25.5 Å². The molecule has 0 saturated carbocycles. The Hall–Kier alpha value is -4.75. The fourth-order valence-corrected chi connectivity index (χ4v) is 4.28. The third-order valence-corrected chi connectivity index (χ3v) is 6.39. The van der Waals surface area contributed by atoms with E-state index in [1.54, 1.807) is 12.4 Å². The van der Waals surface area contributed by atoms with Crippen LogP contribution in [-0.4, -0.2) is 20.8 Å². The first-order chi connectivity index (χ1) is 19.1. The highest BCUT2D eigenvalue weighted by molar-refractivity contribution is 5.91. The highest BCUT2D eigenvalue weighted by Crippen LogP contribution is 2.27. The molecular weight excluding hydrogens is 488 g/mol. The lowest BCUT2D eigenvalue weighted by molar-refractivity contribution is 0.0945. The maximum atomic E-state index is 12.7. The SMILES string of the molecule is C[C@H](c1ccccc1)N(Cc1cccc(Oc2ccccc2)c1)Cc1nc(C(=O)NCc2cccnc2)co1. The Bertz CT molecular complexity index is 1470. The zero-order valence-corrected chi connectivity index (χ0v) is 21.7. The number of carbonyl (C=O) groups is 1. The van der Waals surface area contributed by atoms with Gasteiger partial charge in [0.2, 0.25) is 5.89 Å². The summed E-state index contributed by atoms with van der Waals surface area (Å²) in [6, 6.07) is 31.9. The molecule has 2 heterocycles. The van der Waals surface area contributed by atoms with Gasteiger partial charge >= 0.3 is 0 Å². The Morgan fingerprint density at radius 1 is 0.897 bits per heavy atom. The fourth-order valence-electron chi connectivity index (χ4n) is 4.28. The normalized spacial score (nSPS) is 11.7. The van der Waals surface area contributed by atoms with Crippen molar-refractivity contribution < 1.29 is 13.9 Å². The van der Waals surface area contributed by atoms with Crippen LogP contribution >= 0.6 is 0 Å². The molecule has 0 aliphatic rings. The number of benzene rings is 3. The quantitative estimate of drug-likeness (QED) is 0.213. The zero-order chi connectivity index (χ0) is 26.9. The van der Waals surface area contributed by atoms with Gasteiger partial charge in [0.05, 0.1) is 6.54 Å². The second-order valence-corrected chi connectivity index (χ2v) is 9.22. The lowest BCUT2D eigenvalue weighted by Gasteiger charge is -2.28. The molecule has 5 rings (SSSR count). The molecule has 0 fully saturated rings. The Morgan fingerprint density at radius 2 is 1.64 bits per heavy atom. The molecule has 1 amide bonds. The van der Waals surface area contributed by atoms with Crippen LogP contribution in [0.15, 0.2) is 120 Å². The molecule has 196 valence electrons. The van der Waals surface area contributed by atoms with Crippen molar-refractivity contribution >= 4 is 5.91 Å². The maximum absolute atomic E-state index is 12.7. The van der Waals surface area contributed by atoms with E-state index >= 15 is 0 Å². The molecule has 0 spiro atoms. The van der Waals surface area contributed by atoms with E-state index in [0.717, 1.165) is 22.6 Å². The van der Waals surface area contributed by atoms with Gasteiger partial charge in [0, 0.05) is 31.5 Å². The fraction of sp³-hybridized carbons (Fsp3) is 0.156. The highest BCUT2D eigenvalue weighted by Gasteiger charge is 2.21. The Balaban J connectivity index is 1.31. The predicted molar refractivity (Wildman–Crippen MR) is 149 cm³/mol. The third kappa shape index (κ3) is 7.18. The summed E-state index contributed by atoms with van der Waals surface area (Å²) < 4.78 is 11.8. The molecule has 0 unspecified atom stereocenters. The molecule has 5 aromatic rings. The van der Waals surface area contributed by atoms with Crippen molar-refractivity contribution in [2.24, 2.45) is 0 Å². The number of carbonyl (C=O) groups excluding carboxylic acids is 1. The molecule has 0 aliphatic carbocycles. The zero-order valence-electron chi connectivity index (χ0n) is 21.7. The van der Waals surface area contributed by atoms with Crippen molar-refractivity contribution in [3.63, 3.8) is 0 Å². The lowest BCUT2D eigenvalue weighted by Crippen LogP contribution is -2.27. The average molecular weight is 519 g/mol. The van der Waals surface area contributed by atoms with E-state index in [1.165, 1.54) is 11.8 Å². The van der Waals surface area contributed by atoms with Crippen LogP contribution in [0.3, 0.4) is 0 Å². The van der Waals surface area contributed by atoms with E-state index in [4.69, 9.17) is 9.15 Å². The number of amides is 1. The third-order valence-electron chi connectivity index (χ3n) is 6.39. The number of nitrogens with one attached hydrogen (secondary N) is 1. The van der Waals surface area contributed by atoms with Crippen LogP contribution in [-0.2, 0) is 19.6 Å². The minimum absolute atomic E-state index is 0.0691. The van der Waals surface area contributed by atoms with Gasteiger partial charge in [-0.15, -0.1) is 0 Å². The van der Waals surface area contributed by atoms with Gasteiger partial charge in [-0.1, -0.05) is 66.7 Å². The van der Waals surface area contributed by atoms with Gasteiger partial charge in [0.1, 0.15) is 17.8 Å². The van der Waals surface area contributed by atoms with Crippen molar-refractivity contribution in [2.45, 2.75) is 32.6 Å². The summed E-state index contributed by atoms with van der Waals surface area (Å²) >= 11 is 0. The molecule has 1 atom stereocenters. The second-order valence-electron chi connectivity index (χ2n) is 9.22. The molecule has 7 nitrogen and oxygen atoms in total. The van der Waals surface area contributed by atoms with Gasteiger partial charge in [0.15, 0.2) is 5.69 Å². The second kappa shape index (κ2) is 12.7. The van der Waals surface area contributed by atoms with Crippen molar-refractivity contribution in [2.75, 3.05) is 0 Å². The molecule has 0 saturated heterocycles. The van der Waals surface area contributed by atoms with Crippen molar-refractivity contribution in [1.82, 2.24) is 20.2 Å². The van der Waals surface area contributed by atoms with Crippen molar-refractivity contribution in [3.05, 3.63) is 144 Å². The topological polar surface area (TPSA) is 80.5 Å². The van der Waals surface area contributed by atoms with Gasteiger partial charge in [0.25, 0.3) is 5.91 Å². The molecule has 0 bridgehead atoms. The molecule has 0 aliphatic heterocycles. The number of rotatable bonds is 11. The minimum Gasteiger partial charge on any atom is -0.457 e. The van der Waals surface area contributed by atoms with Crippen LogP contribution in [0.1, 0.15) is 46.0 Å². The van der Waals surface area contributed by atoms with Gasteiger partial charge in [-0.25, -0.2) is 4.98 Å². The van der Waals surface area contributed by atoms with Crippen LogP contribution in [0.5, 0.6) is 11.5 Å². The lowest BCUT2D eigenvalue weighted by atomic mass is 10.1. The van der Waals surface area contributed by atoms with E-state index in [9.17, 15) is 4.79 Å². The predicted octanol–water partition coefficient (Wildman–Crippen LogP) is 6.56. The van der Waals surface area contributed by atoms with Crippen LogP contribution in [0, 0.1) is 0 Å². The molecule has 0 radical (unpaired) electrons. The van der Waals surface area contributed by atoms with Crippen LogP contribution in [0.4, 0.5) is 0 Å². The summed E-state index contributed by atoms with van der Waals surface area (Å²) in [7, 11) is 0. The smallest absolute Gasteiger partial charge is 0.273 e. The highest BCUT2D eigenvalue weighted by atomic mass is 16.5. The molecule has 1 N–H and O–H groups in total. The van der Waals surface area contributed by atoms with E-state index in [2.05, 4.69) is 45.3 Å². The Morgan fingerprint density at radius 3 is 2.41 bits per heavy atom. The van der Waals surface area contributed by atoms with Gasteiger partial charge in [-0.05, 0) is 53.9 Å². The summed E-state index contributed by atoms with van der Waals surface area (Å²) in [4.78, 5) is 23.5. The Kier molecular flexibility index (Phi) is 8.41. The van der Waals surface area contributed by atoms with Crippen LogP contribution in [0.2, 0.25) is 0 Å². The molecule has 2 aromatic heterocycles. The van der Waals surface area contributed by atoms with E-state index in [1.807, 2.05) is 78.9 Å². The summed E-state index contributed by atoms with van der Waals surface area (Å²) in [6.07, 6.45) is 4.83. The first kappa shape index (κ1) is 25.9. The summed E-state index contributed by atoms with van der Waals surface area (Å²) in [6.45, 7) is 3.58. The van der Waals surface area contributed by atoms with Crippen molar-refractivity contribution in [3.8, 4) is 11.5 Å². The first-order valence-corrected chi connectivity index (χ1v) is 12.9. The summed E-state index contributed by atoms with van der Waals surface area (Å²) in [5.41, 5.74) is 3.43.